The van der Waals surface area contributed by atoms with Crippen LogP contribution in [0.2, 0.25) is 0 Å². The van der Waals surface area contributed by atoms with Gasteiger partial charge in [0.1, 0.15) is 0 Å². The van der Waals surface area contributed by atoms with Crippen molar-refractivity contribution >= 4 is 50.9 Å². The molecule has 1 amide bonds. The molecule has 0 aliphatic carbocycles. The van der Waals surface area contributed by atoms with Crippen molar-refractivity contribution in [2.45, 2.75) is 49.2 Å². The van der Waals surface area contributed by atoms with Gasteiger partial charge in [0.05, 0.1) is 35.5 Å². The number of aliphatic carboxylic acids is 1. The fraction of sp³-hybridized carbons (Fsp3) is 0.300. The molecule has 3 N–H and O–H groups in total. The number of thiazole rings is 1. The topological polar surface area (TPSA) is 118 Å². The van der Waals surface area contributed by atoms with Crippen molar-refractivity contribution < 1.29 is 29.3 Å². The van der Waals surface area contributed by atoms with E-state index in [1.54, 1.807) is 35.2 Å². The Balaban J connectivity index is 1.36. The number of carbonyl (C=O) groups is 2. The largest absolute Gasteiger partial charge is 0.481 e. The molecule has 8 nitrogen and oxygen atoms in total. The summed E-state index contributed by atoms with van der Waals surface area (Å²) in [5.74, 6) is -0.685. The van der Waals surface area contributed by atoms with Crippen LogP contribution in [0.25, 0.3) is 10.2 Å². The van der Waals surface area contributed by atoms with Crippen molar-refractivity contribution in [1.29, 1.82) is 0 Å². The highest BCUT2D eigenvalue weighted by Crippen LogP contribution is 2.43. The second kappa shape index (κ2) is 12.9. The molecule has 1 saturated heterocycles. The van der Waals surface area contributed by atoms with Gasteiger partial charge in [-0.25, -0.2) is 4.98 Å². The summed E-state index contributed by atoms with van der Waals surface area (Å²) in [6, 6.07) is 23.1. The molecule has 1 fully saturated rings. The van der Waals surface area contributed by atoms with Crippen molar-refractivity contribution in [2.75, 3.05) is 11.1 Å². The summed E-state index contributed by atoms with van der Waals surface area (Å²) in [6.45, 7) is 2.09. The number of thioether (sulfide) groups is 1. The Labute approximate surface area is 240 Å². The first-order valence-corrected chi connectivity index (χ1v) is 14.8. The van der Waals surface area contributed by atoms with Crippen molar-refractivity contribution in [3.63, 3.8) is 0 Å². The molecule has 2 heterocycles. The third kappa shape index (κ3) is 6.89. The van der Waals surface area contributed by atoms with E-state index in [0.717, 1.165) is 31.2 Å². The van der Waals surface area contributed by atoms with Gasteiger partial charge in [-0.15, -0.1) is 11.3 Å². The first-order valence-electron chi connectivity index (χ1n) is 13.0. The van der Waals surface area contributed by atoms with E-state index in [9.17, 15) is 14.7 Å². The first kappa shape index (κ1) is 28.3. The number of aliphatic hydroxyl groups excluding tert-OH is 1. The Morgan fingerprint density at radius 3 is 2.55 bits per heavy atom. The summed E-state index contributed by atoms with van der Waals surface area (Å²) in [6.07, 6.45) is -1.45. The number of benzene rings is 3. The number of aromatic nitrogens is 1. The normalized spacial score (nSPS) is 20.9. The van der Waals surface area contributed by atoms with Crippen LogP contribution in [0.3, 0.4) is 0 Å². The van der Waals surface area contributed by atoms with Gasteiger partial charge < -0.3 is 25.0 Å². The first-order chi connectivity index (χ1) is 19.4. The summed E-state index contributed by atoms with van der Waals surface area (Å²) < 4.78 is 15.2. The third-order valence-electron chi connectivity index (χ3n) is 6.78. The zero-order chi connectivity index (χ0) is 28.1. The SMILES string of the molecule is CC1C(CSc2nc3ccccc3s2)OC(c2cccc(NC(=O)CCC(=O)O)c2)OC1c1ccc(CO)cc1. The standard InChI is InChI=1S/C30H30N2O6S2/c1-18-24(17-39-30-32-23-7-2-3-8-25(23)40-30)37-29(38-28(18)20-11-9-19(16-33)10-12-20)21-5-4-6-22(15-21)31-26(34)13-14-27(35)36/h2-12,15,18,24,28-29,33H,13-14,16-17H2,1H3,(H,31,34)(H,35,36). The van der Waals surface area contributed by atoms with Gasteiger partial charge in [-0.2, -0.15) is 0 Å². The summed E-state index contributed by atoms with van der Waals surface area (Å²) in [4.78, 5) is 27.8. The number of anilines is 1. The fourth-order valence-corrected chi connectivity index (χ4v) is 6.84. The predicted molar refractivity (Wildman–Crippen MR) is 155 cm³/mol. The number of hydrogen-bond donors (Lipinski definition) is 3. The van der Waals surface area contributed by atoms with Crippen LogP contribution in [-0.4, -0.2) is 38.9 Å². The number of carboxylic acid groups (broad SMARTS) is 1. The monoisotopic (exact) mass is 578 g/mol. The molecule has 40 heavy (non-hydrogen) atoms. The lowest BCUT2D eigenvalue weighted by Gasteiger charge is -2.41. The number of nitrogens with one attached hydrogen (secondary N) is 1. The zero-order valence-electron chi connectivity index (χ0n) is 21.9. The molecular weight excluding hydrogens is 548 g/mol. The summed E-state index contributed by atoms with van der Waals surface area (Å²) in [5.41, 5.74) is 4.09. The highest BCUT2D eigenvalue weighted by atomic mass is 32.2. The average molecular weight is 579 g/mol. The second-order valence-corrected chi connectivity index (χ2v) is 11.9. The molecular formula is C30H30N2O6S2. The van der Waals surface area contributed by atoms with Crippen LogP contribution >= 0.6 is 23.1 Å². The van der Waals surface area contributed by atoms with Crippen LogP contribution in [0.15, 0.2) is 77.1 Å². The number of carboxylic acids is 1. The van der Waals surface area contributed by atoms with Crippen LogP contribution in [-0.2, 0) is 25.7 Å². The van der Waals surface area contributed by atoms with Crippen molar-refractivity contribution in [3.05, 3.63) is 89.5 Å². The number of ether oxygens (including phenoxy) is 2. The number of aliphatic hydroxyl groups is 1. The zero-order valence-corrected chi connectivity index (χ0v) is 23.5. The number of amides is 1. The maximum Gasteiger partial charge on any atom is 0.303 e. The van der Waals surface area contributed by atoms with E-state index in [-0.39, 0.29) is 43.5 Å². The van der Waals surface area contributed by atoms with Gasteiger partial charge in [0.2, 0.25) is 5.91 Å². The molecule has 1 aliphatic rings. The molecule has 1 aliphatic heterocycles. The smallest absolute Gasteiger partial charge is 0.303 e. The molecule has 0 saturated carbocycles. The molecule has 0 bridgehead atoms. The molecule has 3 aromatic carbocycles. The highest BCUT2D eigenvalue weighted by molar-refractivity contribution is 8.01. The molecule has 4 atom stereocenters. The van der Waals surface area contributed by atoms with Crippen molar-refractivity contribution in [3.8, 4) is 0 Å². The van der Waals surface area contributed by atoms with Gasteiger partial charge in [0, 0.05) is 29.3 Å². The van der Waals surface area contributed by atoms with E-state index >= 15 is 0 Å². The molecule has 10 heteroatoms. The highest BCUT2D eigenvalue weighted by Gasteiger charge is 2.38. The number of para-hydroxylation sites is 1. The van der Waals surface area contributed by atoms with E-state index in [4.69, 9.17) is 19.6 Å². The molecule has 0 spiro atoms. The summed E-state index contributed by atoms with van der Waals surface area (Å²) in [7, 11) is 0. The maximum atomic E-state index is 12.2. The van der Waals surface area contributed by atoms with E-state index in [1.807, 2.05) is 54.6 Å². The molecule has 4 unspecified atom stereocenters. The Bertz CT molecular complexity index is 1440. The van der Waals surface area contributed by atoms with Crippen molar-refractivity contribution in [2.24, 2.45) is 5.92 Å². The van der Waals surface area contributed by atoms with Gasteiger partial charge in [-0.3, -0.25) is 9.59 Å². The molecule has 0 radical (unpaired) electrons. The van der Waals surface area contributed by atoms with Gasteiger partial charge >= 0.3 is 5.97 Å². The summed E-state index contributed by atoms with van der Waals surface area (Å²) in [5, 5.41) is 21.1. The minimum Gasteiger partial charge on any atom is -0.481 e. The fourth-order valence-electron chi connectivity index (χ4n) is 4.58. The average Bonchev–Trinajstić information content (AvgIpc) is 3.39. The van der Waals surface area contributed by atoms with Gasteiger partial charge in [-0.05, 0) is 35.4 Å². The minimum absolute atomic E-state index is 0.0250. The van der Waals surface area contributed by atoms with E-state index < -0.39 is 12.3 Å². The lowest BCUT2D eigenvalue weighted by atomic mass is 9.91. The van der Waals surface area contributed by atoms with E-state index in [0.29, 0.717) is 11.4 Å². The second-order valence-electron chi connectivity index (χ2n) is 9.65. The quantitative estimate of drug-likeness (QED) is 0.191. The maximum absolute atomic E-state index is 12.2. The van der Waals surface area contributed by atoms with Gasteiger partial charge in [0.15, 0.2) is 10.6 Å². The van der Waals surface area contributed by atoms with Crippen LogP contribution in [0, 0.1) is 5.92 Å². The van der Waals surface area contributed by atoms with Crippen molar-refractivity contribution in [1.82, 2.24) is 4.98 Å². The lowest BCUT2D eigenvalue weighted by molar-refractivity contribution is -0.268. The summed E-state index contributed by atoms with van der Waals surface area (Å²) >= 11 is 3.33. The van der Waals surface area contributed by atoms with Gasteiger partial charge in [0.25, 0.3) is 0 Å². The number of nitrogens with zero attached hydrogens (tertiary/aromatic N) is 1. The minimum atomic E-state index is -1.02. The molecule has 4 aromatic rings. The number of rotatable bonds is 10. The van der Waals surface area contributed by atoms with Gasteiger partial charge in [-0.1, -0.05) is 67.2 Å². The number of hydrogen-bond acceptors (Lipinski definition) is 8. The molecule has 208 valence electrons. The molecule has 5 rings (SSSR count). The van der Waals surface area contributed by atoms with Crippen LogP contribution in [0.4, 0.5) is 5.69 Å². The third-order valence-corrected chi connectivity index (χ3v) is 9.05. The Morgan fingerprint density at radius 1 is 1.00 bits per heavy atom. The van der Waals surface area contributed by atoms with Crippen LogP contribution in [0.5, 0.6) is 0 Å². The van der Waals surface area contributed by atoms with E-state index in [2.05, 4.69) is 18.3 Å². The van der Waals surface area contributed by atoms with Crippen LogP contribution in [0.1, 0.15) is 48.8 Å². The lowest BCUT2D eigenvalue weighted by Crippen LogP contribution is -2.38. The number of fused-ring (bicyclic) bond motifs is 1. The molecule has 1 aromatic heterocycles. The number of carbonyl (C=O) groups excluding carboxylic acids is 1. The Kier molecular flexibility index (Phi) is 9.13. The van der Waals surface area contributed by atoms with E-state index in [1.165, 1.54) is 0 Å². The predicted octanol–water partition coefficient (Wildman–Crippen LogP) is 6.18. The van der Waals surface area contributed by atoms with Crippen LogP contribution < -0.4 is 5.32 Å². The Morgan fingerprint density at radius 2 is 1.80 bits per heavy atom. The Hall–Kier alpha value is -3.28.